The molecule has 2 aromatic rings. The molecule has 1 saturated heterocycles. The van der Waals surface area contributed by atoms with Crippen LogP contribution in [-0.4, -0.2) is 51.2 Å². The summed E-state index contributed by atoms with van der Waals surface area (Å²) in [6.45, 7) is 0.730. The van der Waals surface area contributed by atoms with Gasteiger partial charge < -0.3 is 20.3 Å². The standard InChI is InChI=1S/C20H20N4O5S/c1-24-10-2-3-18(24)23-30(27,28)15-7-5-14(6-8-15)21-20(26)13-4-9-17-16(11-13)22-19(25)12-29-17/h4-9,11H,2-3,10,12H2,1H3,(H,21,26)(H,22,25)/b23-18+. The molecule has 10 heteroatoms. The molecule has 2 heterocycles. The summed E-state index contributed by atoms with van der Waals surface area (Å²) in [5.41, 5.74) is 1.19. The summed E-state index contributed by atoms with van der Waals surface area (Å²) >= 11 is 0. The topological polar surface area (TPSA) is 117 Å². The van der Waals surface area contributed by atoms with Gasteiger partial charge in [0.05, 0.1) is 10.6 Å². The van der Waals surface area contributed by atoms with E-state index in [-0.39, 0.29) is 17.4 Å². The maximum atomic E-state index is 12.5. The largest absolute Gasteiger partial charge is 0.482 e. The maximum absolute atomic E-state index is 12.5. The SMILES string of the molecule is CN1CCC/C1=N\S(=O)(=O)c1ccc(NC(=O)c2ccc3c(c2)NC(=O)CO3)cc1. The Labute approximate surface area is 173 Å². The molecular formula is C20H20N4O5S. The van der Waals surface area contributed by atoms with E-state index in [4.69, 9.17) is 4.74 Å². The fourth-order valence-electron chi connectivity index (χ4n) is 3.24. The maximum Gasteiger partial charge on any atom is 0.283 e. The van der Waals surface area contributed by atoms with Gasteiger partial charge in [-0.1, -0.05) is 0 Å². The molecule has 0 aliphatic carbocycles. The van der Waals surface area contributed by atoms with Crippen molar-refractivity contribution in [1.82, 2.24) is 4.90 Å². The van der Waals surface area contributed by atoms with Crippen LogP contribution in [0.25, 0.3) is 0 Å². The summed E-state index contributed by atoms with van der Waals surface area (Å²) in [5.74, 6) is 0.358. The van der Waals surface area contributed by atoms with Crippen molar-refractivity contribution in [2.75, 3.05) is 30.8 Å². The molecule has 2 aliphatic heterocycles. The van der Waals surface area contributed by atoms with Crippen molar-refractivity contribution in [2.45, 2.75) is 17.7 Å². The lowest BCUT2D eigenvalue weighted by Crippen LogP contribution is -2.25. The van der Waals surface area contributed by atoms with Crippen LogP contribution in [0.5, 0.6) is 5.75 Å². The van der Waals surface area contributed by atoms with Gasteiger partial charge in [0.1, 0.15) is 11.6 Å². The van der Waals surface area contributed by atoms with Gasteiger partial charge in [0.25, 0.3) is 21.8 Å². The van der Waals surface area contributed by atoms with Crippen LogP contribution < -0.4 is 15.4 Å². The number of nitrogens with one attached hydrogen (secondary N) is 2. The first-order valence-electron chi connectivity index (χ1n) is 9.35. The van der Waals surface area contributed by atoms with Crippen LogP contribution >= 0.6 is 0 Å². The third kappa shape index (κ3) is 4.13. The van der Waals surface area contributed by atoms with E-state index in [0.717, 1.165) is 13.0 Å². The lowest BCUT2D eigenvalue weighted by molar-refractivity contribution is -0.118. The van der Waals surface area contributed by atoms with Gasteiger partial charge >= 0.3 is 0 Å². The van der Waals surface area contributed by atoms with E-state index in [2.05, 4.69) is 15.0 Å². The number of anilines is 2. The fourth-order valence-corrected chi connectivity index (χ4v) is 4.33. The molecule has 2 aliphatic rings. The molecule has 0 saturated carbocycles. The number of amides is 2. The molecule has 1 fully saturated rings. The Hall–Kier alpha value is -3.40. The molecule has 2 N–H and O–H groups in total. The highest BCUT2D eigenvalue weighted by Crippen LogP contribution is 2.29. The summed E-state index contributed by atoms with van der Waals surface area (Å²) < 4.78 is 34.2. The van der Waals surface area contributed by atoms with Crippen LogP contribution in [0, 0.1) is 0 Å². The van der Waals surface area contributed by atoms with Crippen molar-refractivity contribution in [2.24, 2.45) is 4.40 Å². The number of rotatable bonds is 4. The van der Waals surface area contributed by atoms with Crippen molar-refractivity contribution in [3.05, 3.63) is 48.0 Å². The Morgan fingerprint density at radius 3 is 2.67 bits per heavy atom. The predicted molar refractivity (Wildman–Crippen MR) is 111 cm³/mol. The first-order chi connectivity index (χ1) is 14.3. The summed E-state index contributed by atoms with van der Waals surface area (Å²) in [7, 11) is -1.99. The Morgan fingerprint density at radius 2 is 1.97 bits per heavy atom. The third-order valence-corrected chi connectivity index (χ3v) is 6.16. The number of carbonyl (C=O) groups excluding carboxylic acids is 2. The molecule has 2 amide bonds. The van der Waals surface area contributed by atoms with E-state index < -0.39 is 15.9 Å². The van der Waals surface area contributed by atoms with Crippen LogP contribution in [0.3, 0.4) is 0 Å². The van der Waals surface area contributed by atoms with E-state index in [1.807, 2.05) is 11.9 Å². The monoisotopic (exact) mass is 428 g/mol. The average molecular weight is 428 g/mol. The van der Waals surface area contributed by atoms with Gasteiger partial charge in [0, 0.05) is 31.3 Å². The quantitative estimate of drug-likeness (QED) is 0.770. The molecule has 156 valence electrons. The van der Waals surface area contributed by atoms with Crippen molar-refractivity contribution in [3.63, 3.8) is 0 Å². The number of nitrogens with zero attached hydrogens (tertiary/aromatic N) is 2. The molecule has 9 nitrogen and oxygen atoms in total. The number of likely N-dealkylation sites (tertiary alicyclic amines) is 1. The normalized spacial score (nSPS) is 17.3. The van der Waals surface area contributed by atoms with Crippen LogP contribution in [0.4, 0.5) is 11.4 Å². The molecule has 0 atom stereocenters. The number of carbonyl (C=O) groups is 2. The summed E-state index contributed by atoms with van der Waals surface area (Å²) in [4.78, 5) is 25.8. The zero-order chi connectivity index (χ0) is 21.3. The van der Waals surface area contributed by atoms with Gasteiger partial charge in [-0.3, -0.25) is 9.59 Å². The predicted octanol–water partition coefficient (Wildman–Crippen LogP) is 2.08. The van der Waals surface area contributed by atoms with Gasteiger partial charge in [-0.15, -0.1) is 4.40 Å². The lowest BCUT2D eigenvalue weighted by Gasteiger charge is -2.18. The molecule has 0 radical (unpaired) electrons. The van der Waals surface area contributed by atoms with Gasteiger partial charge in [-0.25, -0.2) is 0 Å². The van der Waals surface area contributed by atoms with Crippen molar-refractivity contribution in [1.29, 1.82) is 0 Å². The Bertz CT molecular complexity index is 1140. The zero-order valence-corrected chi connectivity index (χ0v) is 17.0. The zero-order valence-electron chi connectivity index (χ0n) is 16.2. The molecule has 2 aromatic carbocycles. The van der Waals surface area contributed by atoms with E-state index >= 15 is 0 Å². The second-order valence-corrected chi connectivity index (χ2v) is 8.64. The Balaban J connectivity index is 1.48. The molecule has 0 unspecified atom stereocenters. The van der Waals surface area contributed by atoms with Crippen LogP contribution in [0.1, 0.15) is 23.2 Å². The highest BCUT2D eigenvalue weighted by atomic mass is 32.2. The third-order valence-electron chi connectivity index (χ3n) is 4.84. The van der Waals surface area contributed by atoms with Gasteiger partial charge in [0.15, 0.2) is 6.61 Å². The molecule has 30 heavy (non-hydrogen) atoms. The fraction of sp³-hybridized carbons (Fsp3) is 0.250. The summed E-state index contributed by atoms with van der Waals surface area (Å²) in [6, 6.07) is 10.5. The first kappa shape index (κ1) is 19.9. The molecular weight excluding hydrogens is 408 g/mol. The molecule has 4 rings (SSSR count). The number of fused-ring (bicyclic) bond motifs is 1. The number of hydrogen-bond donors (Lipinski definition) is 2. The number of sulfonamides is 1. The van der Waals surface area contributed by atoms with Gasteiger partial charge in [-0.05, 0) is 48.9 Å². The number of hydrogen-bond acceptors (Lipinski definition) is 5. The van der Waals surface area contributed by atoms with Crippen molar-refractivity contribution in [3.8, 4) is 5.75 Å². The minimum Gasteiger partial charge on any atom is -0.482 e. The second kappa shape index (κ2) is 7.79. The van der Waals surface area contributed by atoms with E-state index in [0.29, 0.717) is 34.9 Å². The Kier molecular flexibility index (Phi) is 5.17. The second-order valence-electron chi connectivity index (χ2n) is 7.03. The van der Waals surface area contributed by atoms with E-state index in [9.17, 15) is 18.0 Å². The van der Waals surface area contributed by atoms with Crippen molar-refractivity contribution >= 4 is 39.0 Å². The van der Waals surface area contributed by atoms with Gasteiger partial charge in [-0.2, -0.15) is 8.42 Å². The van der Waals surface area contributed by atoms with Crippen molar-refractivity contribution < 1.29 is 22.7 Å². The smallest absolute Gasteiger partial charge is 0.283 e. The Morgan fingerprint density at radius 1 is 1.20 bits per heavy atom. The lowest BCUT2D eigenvalue weighted by atomic mass is 10.1. The molecule has 0 aromatic heterocycles. The minimum atomic E-state index is -3.81. The van der Waals surface area contributed by atoms with Crippen LogP contribution in [0.15, 0.2) is 51.8 Å². The summed E-state index contributed by atoms with van der Waals surface area (Å²) in [5, 5.41) is 5.35. The number of benzene rings is 2. The highest BCUT2D eigenvalue weighted by molar-refractivity contribution is 7.90. The van der Waals surface area contributed by atoms with Gasteiger partial charge in [0.2, 0.25) is 0 Å². The van der Waals surface area contributed by atoms with Crippen LogP contribution in [0.2, 0.25) is 0 Å². The summed E-state index contributed by atoms with van der Waals surface area (Å²) in [6.07, 6.45) is 1.52. The minimum absolute atomic E-state index is 0.0574. The number of ether oxygens (including phenoxy) is 1. The molecule has 0 spiro atoms. The van der Waals surface area contributed by atoms with Crippen LogP contribution in [-0.2, 0) is 14.8 Å². The average Bonchev–Trinajstić information content (AvgIpc) is 3.11. The number of amidine groups is 1. The first-order valence-corrected chi connectivity index (χ1v) is 10.8. The molecule has 0 bridgehead atoms. The van der Waals surface area contributed by atoms with E-state index in [1.54, 1.807) is 12.1 Å². The van der Waals surface area contributed by atoms with E-state index in [1.165, 1.54) is 30.3 Å². The highest BCUT2D eigenvalue weighted by Gasteiger charge is 2.21.